The largest absolute Gasteiger partial charge is 0.396 e. The van der Waals surface area contributed by atoms with Crippen molar-refractivity contribution in [3.05, 3.63) is 47.0 Å². The number of hydrogen-bond acceptors (Lipinski definition) is 2. The lowest BCUT2D eigenvalue weighted by atomic mass is 10.1. The van der Waals surface area contributed by atoms with Gasteiger partial charge in [0, 0.05) is 29.2 Å². The molecule has 0 heterocycles. The van der Waals surface area contributed by atoms with E-state index in [9.17, 15) is 4.79 Å². The van der Waals surface area contributed by atoms with Crippen LogP contribution in [-0.4, -0.2) is 23.7 Å². The molecule has 1 aromatic rings. The van der Waals surface area contributed by atoms with Gasteiger partial charge in [-0.15, -0.1) is 0 Å². The van der Waals surface area contributed by atoms with E-state index in [1.807, 2.05) is 12.2 Å². The normalized spacial score (nSPS) is 22.7. The minimum absolute atomic E-state index is 0.00127. The third-order valence-corrected chi connectivity index (χ3v) is 3.05. The quantitative estimate of drug-likeness (QED) is 0.808. The summed E-state index contributed by atoms with van der Waals surface area (Å²) in [4.78, 5) is 11.9. The number of halogens is 1. The first-order valence-corrected chi connectivity index (χ1v) is 5.92. The van der Waals surface area contributed by atoms with Gasteiger partial charge in [-0.2, -0.15) is 0 Å². The fourth-order valence-electron chi connectivity index (χ4n) is 1.90. The second kappa shape index (κ2) is 5.34. The van der Waals surface area contributed by atoms with E-state index in [4.69, 9.17) is 16.7 Å². The van der Waals surface area contributed by atoms with Gasteiger partial charge >= 0.3 is 0 Å². The topological polar surface area (TPSA) is 49.3 Å². The molecule has 2 N–H and O–H groups in total. The maximum atomic E-state index is 11.9. The molecule has 0 saturated heterocycles. The third-order valence-electron chi connectivity index (χ3n) is 2.81. The lowest BCUT2D eigenvalue weighted by molar-refractivity contribution is 0.0941. The van der Waals surface area contributed by atoms with Gasteiger partial charge in [0.1, 0.15) is 0 Å². The second-order valence-corrected chi connectivity index (χ2v) is 4.59. The molecule has 1 aliphatic rings. The molecule has 1 aromatic carbocycles. The van der Waals surface area contributed by atoms with Crippen molar-refractivity contribution in [3.8, 4) is 0 Å². The maximum absolute atomic E-state index is 11.9. The van der Waals surface area contributed by atoms with Crippen LogP contribution in [0, 0.1) is 5.92 Å². The number of aliphatic hydroxyl groups excluding tert-OH is 1. The van der Waals surface area contributed by atoms with Crippen LogP contribution in [0.3, 0.4) is 0 Å². The number of benzene rings is 1. The molecule has 2 rings (SSSR count). The van der Waals surface area contributed by atoms with E-state index >= 15 is 0 Å². The molecule has 0 unspecified atom stereocenters. The van der Waals surface area contributed by atoms with E-state index in [1.54, 1.807) is 24.3 Å². The van der Waals surface area contributed by atoms with Gasteiger partial charge in [0.15, 0.2) is 0 Å². The number of amides is 1. The lowest BCUT2D eigenvalue weighted by Crippen LogP contribution is -2.32. The van der Waals surface area contributed by atoms with Crippen LogP contribution >= 0.6 is 11.6 Å². The van der Waals surface area contributed by atoms with Crippen LogP contribution in [0.15, 0.2) is 36.4 Å². The average molecular weight is 252 g/mol. The fraction of sp³-hybridized carbons (Fsp3) is 0.308. The molecule has 4 heteroatoms. The number of hydrogen-bond donors (Lipinski definition) is 2. The summed E-state index contributed by atoms with van der Waals surface area (Å²) in [7, 11) is 0. The summed E-state index contributed by atoms with van der Waals surface area (Å²) in [6.45, 7) is 0.125. The molecule has 0 aromatic heterocycles. The van der Waals surface area contributed by atoms with Crippen molar-refractivity contribution in [2.75, 3.05) is 6.61 Å². The maximum Gasteiger partial charge on any atom is 0.251 e. The van der Waals surface area contributed by atoms with Gasteiger partial charge in [-0.25, -0.2) is 0 Å². The highest BCUT2D eigenvalue weighted by molar-refractivity contribution is 6.30. The highest BCUT2D eigenvalue weighted by Gasteiger charge is 2.20. The van der Waals surface area contributed by atoms with Crippen LogP contribution in [0.5, 0.6) is 0 Å². The summed E-state index contributed by atoms with van der Waals surface area (Å²) in [6, 6.07) is 6.84. The molecule has 0 spiro atoms. The van der Waals surface area contributed by atoms with Gasteiger partial charge < -0.3 is 10.4 Å². The third kappa shape index (κ3) is 3.08. The zero-order valence-electron chi connectivity index (χ0n) is 9.27. The average Bonchev–Trinajstić information content (AvgIpc) is 2.77. The Balaban J connectivity index is 1.96. The van der Waals surface area contributed by atoms with Gasteiger partial charge in [-0.05, 0) is 24.6 Å². The van der Waals surface area contributed by atoms with E-state index in [0.29, 0.717) is 10.6 Å². The van der Waals surface area contributed by atoms with Crippen LogP contribution in [-0.2, 0) is 0 Å². The van der Waals surface area contributed by atoms with E-state index in [0.717, 1.165) is 6.42 Å². The number of rotatable bonds is 3. The second-order valence-electron chi connectivity index (χ2n) is 4.15. The van der Waals surface area contributed by atoms with Crippen molar-refractivity contribution in [3.63, 3.8) is 0 Å². The van der Waals surface area contributed by atoms with Gasteiger partial charge in [-0.1, -0.05) is 29.8 Å². The van der Waals surface area contributed by atoms with Crippen LogP contribution in [0.4, 0.5) is 0 Å². The molecule has 2 atom stereocenters. The predicted octanol–water partition coefficient (Wildman–Crippen LogP) is 2.01. The Morgan fingerprint density at radius 3 is 2.94 bits per heavy atom. The Bertz CT molecular complexity index is 445. The van der Waals surface area contributed by atoms with E-state index in [1.165, 1.54) is 0 Å². The van der Waals surface area contributed by atoms with Gasteiger partial charge in [-0.3, -0.25) is 4.79 Å². The number of aliphatic hydroxyl groups is 1. The van der Waals surface area contributed by atoms with Crippen LogP contribution in [0.25, 0.3) is 0 Å². The Labute approximate surface area is 105 Å². The summed E-state index contributed by atoms with van der Waals surface area (Å²) in [6.07, 6.45) is 4.61. The Kier molecular flexibility index (Phi) is 3.82. The Hall–Kier alpha value is -1.32. The van der Waals surface area contributed by atoms with Crippen molar-refractivity contribution in [1.29, 1.82) is 0 Å². The molecule has 1 amide bonds. The number of nitrogens with one attached hydrogen (secondary N) is 1. The standard InChI is InChI=1S/C13H14ClNO2/c14-11-3-1-2-10(7-11)13(17)15-12-5-4-9(6-12)8-16/h1-5,7,9,12,16H,6,8H2,(H,15,17)/t9-,12+/m0/s1. The molecule has 1 aliphatic carbocycles. The minimum Gasteiger partial charge on any atom is -0.396 e. The van der Waals surface area contributed by atoms with Crippen LogP contribution in [0.1, 0.15) is 16.8 Å². The van der Waals surface area contributed by atoms with Crippen molar-refractivity contribution < 1.29 is 9.90 Å². The molecule has 17 heavy (non-hydrogen) atoms. The zero-order valence-corrected chi connectivity index (χ0v) is 10.0. The monoisotopic (exact) mass is 251 g/mol. The lowest BCUT2D eigenvalue weighted by Gasteiger charge is -2.12. The SMILES string of the molecule is O=C(N[C@@H]1C=C[C@H](CO)C1)c1cccc(Cl)c1. The summed E-state index contributed by atoms with van der Waals surface area (Å²) in [5.74, 6) is 0.0143. The highest BCUT2D eigenvalue weighted by Crippen LogP contribution is 2.18. The summed E-state index contributed by atoms with van der Waals surface area (Å²) in [5.41, 5.74) is 0.554. The van der Waals surface area contributed by atoms with E-state index < -0.39 is 0 Å². The van der Waals surface area contributed by atoms with Crippen molar-refractivity contribution >= 4 is 17.5 Å². The minimum atomic E-state index is -0.138. The van der Waals surface area contributed by atoms with E-state index in [-0.39, 0.29) is 24.5 Å². The molecule has 90 valence electrons. The zero-order chi connectivity index (χ0) is 12.3. The highest BCUT2D eigenvalue weighted by atomic mass is 35.5. The number of carbonyl (C=O) groups is 1. The van der Waals surface area contributed by atoms with Crippen molar-refractivity contribution in [2.45, 2.75) is 12.5 Å². The molecule has 3 nitrogen and oxygen atoms in total. The van der Waals surface area contributed by atoms with E-state index in [2.05, 4.69) is 5.32 Å². The van der Waals surface area contributed by atoms with Crippen molar-refractivity contribution in [2.24, 2.45) is 5.92 Å². The predicted molar refractivity (Wildman–Crippen MR) is 67.0 cm³/mol. The molecular weight excluding hydrogens is 238 g/mol. The summed E-state index contributed by atoms with van der Waals surface area (Å²) >= 11 is 5.82. The Morgan fingerprint density at radius 2 is 2.29 bits per heavy atom. The van der Waals surface area contributed by atoms with Crippen molar-refractivity contribution in [1.82, 2.24) is 5.32 Å². The summed E-state index contributed by atoms with van der Waals surface area (Å²) in [5, 5.41) is 12.4. The molecule has 0 fully saturated rings. The first-order chi connectivity index (χ1) is 8.19. The molecule has 0 aliphatic heterocycles. The Morgan fingerprint density at radius 1 is 1.47 bits per heavy atom. The van der Waals surface area contributed by atoms with Crippen LogP contribution < -0.4 is 5.32 Å². The fourth-order valence-corrected chi connectivity index (χ4v) is 2.09. The van der Waals surface area contributed by atoms with Gasteiger partial charge in [0.2, 0.25) is 0 Å². The van der Waals surface area contributed by atoms with Gasteiger partial charge in [0.05, 0.1) is 0 Å². The van der Waals surface area contributed by atoms with Gasteiger partial charge in [0.25, 0.3) is 5.91 Å². The number of carbonyl (C=O) groups excluding carboxylic acids is 1. The smallest absolute Gasteiger partial charge is 0.251 e. The molecule has 0 saturated carbocycles. The molecule has 0 bridgehead atoms. The van der Waals surface area contributed by atoms with Crippen LogP contribution in [0.2, 0.25) is 5.02 Å². The molecule has 0 radical (unpaired) electrons. The first kappa shape index (κ1) is 12.1. The molecular formula is C13H14ClNO2. The summed E-state index contributed by atoms with van der Waals surface area (Å²) < 4.78 is 0. The first-order valence-electron chi connectivity index (χ1n) is 5.54.